The molecule has 1 aliphatic carbocycles. The van der Waals surface area contributed by atoms with Crippen molar-refractivity contribution in [1.29, 1.82) is 0 Å². The van der Waals surface area contributed by atoms with Gasteiger partial charge in [-0.3, -0.25) is 4.79 Å². The fourth-order valence-corrected chi connectivity index (χ4v) is 3.07. The van der Waals surface area contributed by atoms with Crippen LogP contribution in [0.1, 0.15) is 39.5 Å². The lowest BCUT2D eigenvalue weighted by Crippen LogP contribution is -2.42. The van der Waals surface area contributed by atoms with Crippen LogP contribution in [0.5, 0.6) is 0 Å². The highest BCUT2D eigenvalue weighted by molar-refractivity contribution is 7.89. The SMILES string of the molecule is CC(C)C[C@@H](NS(=O)(=O)CCC1CC1)C(=O)O. The van der Waals surface area contributed by atoms with E-state index in [1.165, 1.54) is 0 Å². The molecule has 0 bridgehead atoms. The first-order valence-electron chi connectivity index (χ1n) is 6.03. The molecule has 1 saturated carbocycles. The van der Waals surface area contributed by atoms with Crippen molar-refractivity contribution in [2.45, 2.75) is 45.6 Å². The van der Waals surface area contributed by atoms with Crippen LogP contribution < -0.4 is 4.72 Å². The van der Waals surface area contributed by atoms with Gasteiger partial charge in [0.2, 0.25) is 10.0 Å². The van der Waals surface area contributed by atoms with E-state index < -0.39 is 22.0 Å². The van der Waals surface area contributed by atoms with Gasteiger partial charge in [-0.05, 0) is 24.7 Å². The Balaban J connectivity index is 2.48. The Bertz CT molecular complexity index is 360. The second-order valence-corrected chi connectivity index (χ2v) is 7.06. The molecule has 0 aromatic rings. The van der Waals surface area contributed by atoms with E-state index in [1.807, 2.05) is 13.8 Å². The number of hydrogen-bond acceptors (Lipinski definition) is 3. The number of carboxylic acid groups (broad SMARTS) is 1. The first-order chi connectivity index (χ1) is 7.80. The molecule has 5 nitrogen and oxygen atoms in total. The van der Waals surface area contributed by atoms with E-state index in [0.29, 0.717) is 18.8 Å². The Labute approximate surface area is 103 Å². The molecule has 0 saturated heterocycles. The third-order valence-corrected chi connectivity index (χ3v) is 4.24. The molecule has 1 aliphatic rings. The van der Waals surface area contributed by atoms with Crippen LogP contribution in [-0.2, 0) is 14.8 Å². The maximum absolute atomic E-state index is 11.7. The summed E-state index contributed by atoms with van der Waals surface area (Å²) in [7, 11) is -3.46. The fraction of sp³-hybridized carbons (Fsp3) is 0.909. The molecule has 0 unspecified atom stereocenters. The summed E-state index contributed by atoms with van der Waals surface area (Å²) in [5.74, 6) is -0.393. The summed E-state index contributed by atoms with van der Waals surface area (Å²) >= 11 is 0. The molecule has 1 fully saturated rings. The molecule has 1 rings (SSSR count). The van der Waals surface area contributed by atoms with Gasteiger partial charge >= 0.3 is 5.97 Å². The average Bonchev–Trinajstić information content (AvgIpc) is 2.96. The Hall–Kier alpha value is -0.620. The van der Waals surface area contributed by atoms with E-state index in [4.69, 9.17) is 5.11 Å². The molecule has 100 valence electrons. The highest BCUT2D eigenvalue weighted by Crippen LogP contribution is 2.32. The molecule has 0 aromatic heterocycles. The van der Waals surface area contributed by atoms with Crippen LogP contribution in [0.25, 0.3) is 0 Å². The topological polar surface area (TPSA) is 83.5 Å². The Morgan fingerprint density at radius 1 is 1.41 bits per heavy atom. The van der Waals surface area contributed by atoms with Gasteiger partial charge in [0, 0.05) is 0 Å². The van der Waals surface area contributed by atoms with Gasteiger partial charge in [-0.2, -0.15) is 0 Å². The van der Waals surface area contributed by atoms with E-state index in [9.17, 15) is 13.2 Å². The van der Waals surface area contributed by atoms with Gasteiger partial charge in [-0.1, -0.05) is 26.7 Å². The van der Waals surface area contributed by atoms with Crippen molar-refractivity contribution >= 4 is 16.0 Å². The lowest BCUT2D eigenvalue weighted by Gasteiger charge is -2.16. The van der Waals surface area contributed by atoms with Crippen LogP contribution in [0.2, 0.25) is 0 Å². The van der Waals surface area contributed by atoms with E-state index in [-0.39, 0.29) is 11.7 Å². The van der Waals surface area contributed by atoms with Crippen molar-refractivity contribution in [1.82, 2.24) is 4.72 Å². The molecular weight excluding hydrogens is 242 g/mol. The smallest absolute Gasteiger partial charge is 0.321 e. The highest BCUT2D eigenvalue weighted by Gasteiger charge is 2.27. The van der Waals surface area contributed by atoms with Crippen molar-refractivity contribution in [3.63, 3.8) is 0 Å². The van der Waals surface area contributed by atoms with E-state index in [2.05, 4.69) is 4.72 Å². The van der Waals surface area contributed by atoms with Crippen molar-refractivity contribution < 1.29 is 18.3 Å². The molecule has 0 radical (unpaired) electrons. The molecule has 6 heteroatoms. The zero-order chi connectivity index (χ0) is 13.1. The van der Waals surface area contributed by atoms with Gasteiger partial charge in [-0.15, -0.1) is 0 Å². The third-order valence-electron chi connectivity index (χ3n) is 2.82. The molecule has 0 heterocycles. The van der Waals surface area contributed by atoms with Crippen LogP contribution in [-0.4, -0.2) is 31.3 Å². The van der Waals surface area contributed by atoms with Gasteiger partial charge in [0.15, 0.2) is 0 Å². The number of sulfonamides is 1. The third kappa shape index (κ3) is 6.02. The maximum Gasteiger partial charge on any atom is 0.321 e. The van der Waals surface area contributed by atoms with Gasteiger partial charge in [0.25, 0.3) is 0 Å². The largest absolute Gasteiger partial charge is 0.480 e. The molecule has 17 heavy (non-hydrogen) atoms. The molecular formula is C11H21NO4S. The molecule has 0 spiro atoms. The predicted molar refractivity (Wildman–Crippen MR) is 65.1 cm³/mol. The van der Waals surface area contributed by atoms with E-state index >= 15 is 0 Å². The van der Waals surface area contributed by atoms with Crippen LogP contribution in [0, 0.1) is 11.8 Å². The number of carboxylic acids is 1. The number of carbonyl (C=O) groups is 1. The molecule has 2 N–H and O–H groups in total. The van der Waals surface area contributed by atoms with Gasteiger partial charge in [0.1, 0.15) is 6.04 Å². The van der Waals surface area contributed by atoms with E-state index in [1.54, 1.807) is 0 Å². The average molecular weight is 263 g/mol. The summed E-state index contributed by atoms with van der Waals surface area (Å²) in [6.45, 7) is 3.74. The van der Waals surface area contributed by atoms with Crippen molar-refractivity contribution in [3.8, 4) is 0 Å². The zero-order valence-electron chi connectivity index (χ0n) is 10.3. The minimum Gasteiger partial charge on any atom is -0.480 e. The number of aliphatic carboxylic acids is 1. The van der Waals surface area contributed by atoms with Crippen LogP contribution in [0.15, 0.2) is 0 Å². The standard InChI is InChI=1S/C11H21NO4S/c1-8(2)7-10(11(13)14)12-17(15,16)6-5-9-3-4-9/h8-10,12H,3-7H2,1-2H3,(H,13,14)/t10-/m1/s1. The molecule has 0 amide bonds. The van der Waals surface area contributed by atoms with Gasteiger partial charge in [-0.25, -0.2) is 13.1 Å². The lowest BCUT2D eigenvalue weighted by molar-refractivity contribution is -0.139. The first-order valence-corrected chi connectivity index (χ1v) is 7.68. The Morgan fingerprint density at radius 3 is 2.41 bits per heavy atom. The summed E-state index contributed by atoms with van der Waals surface area (Å²) in [5, 5.41) is 8.95. The second kappa shape index (κ2) is 5.82. The molecule has 0 aliphatic heterocycles. The minimum absolute atomic E-state index is 0.0412. The predicted octanol–water partition coefficient (Wildman–Crippen LogP) is 1.21. The van der Waals surface area contributed by atoms with Gasteiger partial charge < -0.3 is 5.11 Å². The van der Waals surface area contributed by atoms with Crippen molar-refractivity contribution in [3.05, 3.63) is 0 Å². The van der Waals surface area contributed by atoms with Crippen LogP contribution in [0.4, 0.5) is 0 Å². The summed E-state index contributed by atoms with van der Waals surface area (Å²) in [6.07, 6.45) is 3.16. The monoisotopic (exact) mass is 263 g/mol. The fourth-order valence-electron chi connectivity index (χ4n) is 1.67. The second-order valence-electron chi connectivity index (χ2n) is 5.19. The number of rotatable bonds is 8. The van der Waals surface area contributed by atoms with Gasteiger partial charge in [0.05, 0.1) is 5.75 Å². The van der Waals surface area contributed by atoms with Crippen molar-refractivity contribution in [2.75, 3.05) is 5.75 Å². The summed E-state index contributed by atoms with van der Waals surface area (Å²) < 4.78 is 25.6. The van der Waals surface area contributed by atoms with Crippen molar-refractivity contribution in [2.24, 2.45) is 11.8 Å². The number of hydrogen-bond donors (Lipinski definition) is 2. The Morgan fingerprint density at radius 2 is 2.00 bits per heavy atom. The van der Waals surface area contributed by atoms with E-state index in [0.717, 1.165) is 12.8 Å². The first kappa shape index (κ1) is 14.4. The summed E-state index contributed by atoms with van der Waals surface area (Å²) in [4.78, 5) is 10.9. The van der Waals surface area contributed by atoms with Crippen LogP contribution >= 0.6 is 0 Å². The minimum atomic E-state index is -3.46. The number of nitrogens with one attached hydrogen (secondary N) is 1. The quantitative estimate of drug-likeness (QED) is 0.689. The molecule has 1 atom stereocenters. The maximum atomic E-state index is 11.7. The zero-order valence-corrected chi connectivity index (χ0v) is 11.2. The highest BCUT2D eigenvalue weighted by atomic mass is 32.2. The molecule has 0 aromatic carbocycles. The normalized spacial score (nSPS) is 18.3. The Kier molecular flexibility index (Phi) is 4.94. The van der Waals surface area contributed by atoms with Crippen LogP contribution in [0.3, 0.4) is 0 Å². The summed E-state index contributed by atoms with van der Waals surface area (Å²) in [6, 6.07) is -1.00. The lowest BCUT2D eigenvalue weighted by atomic mass is 10.1. The summed E-state index contributed by atoms with van der Waals surface area (Å²) in [5.41, 5.74) is 0.